The quantitative estimate of drug-likeness (QED) is 0.700. The lowest BCUT2D eigenvalue weighted by Gasteiger charge is -2.23. The predicted molar refractivity (Wildman–Crippen MR) is 80.1 cm³/mol. The average Bonchev–Trinajstić information content (AvgIpc) is 2.40. The summed E-state index contributed by atoms with van der Waals surface area (Å²) < 4.78 is 2.09. The molecule has 2 heteroatoms. The molecular weight excluding hydrogens is 232 g/mol. The number of H-pyrrole nitrogens is 1. The summed E-state index contributed by atoms with van der Waals surface area (Å²) in [4.78, 5) is 0. The zero-order valence-electron chi connectivity index (χ0n) is 11.6. The van der Waals surface area contributed by atoms with E-state index in [2.05, 4.69) is 79.2 Å². The number of nitrogens with zero attached hydrogens (tertiary/aromatic N) is 1. The molecule has 1 aromatic heterocycles. The first kappa shape index (κ1) is 11.8. The van der Waals surface area contributed by atoms with E-state index in [0.29, 0.717) is 0 Å². The molecule has 0 fully saturated rings. The normalized spacial score (nSPS) is 10.9. The van der Waals surface area contributed by atoms with Crippen LogP contribution in [-0.2, 0) is 7.05 Å². The van der Waals surface area contributed by atoms with Crippen LogP contribution >= 0.6 is 0 Å². The Bertz CT molecular complexity index is 716. The highest BCUT2D eigenvalue weighted by molar-refractivity contribution is 5.82. The molecule has 1 heterocycles. The molecule has 0 radical (unpaired) electrons. The van der Waals surface area contributed by atoms with E-state index >= 15 is 0 Å². The van der Waals surface area contributed by atoms with Gasteiger partial charge in [-0.15, -0.1) is 0 Å². The van der Waals surface area contributed by atoms with Gasteiger partial charge < -0.3 is 0 Å². The van der Waals surface area contributed by atoms with Crippen molar-refractivity contribution >= 4 is 0 Å². The minimum absolute atomic E-state index is 1.22. The summed E-state index contributed by atoms with van der Waals surface area (Å²) in [6.45, 7) is 4.31. The van der Waals surface area contributed by atoms with E-state index in [1.165, 1.54) is 33.6 Å². The van der Waals surface area contributed by atoms with Crippen molar-refractivity contribution in [2.24, 2.45) is 7.05 Å². The number of aromatic amines is 1. The van der Waals surface area contributed by atoms with Crippen molar-refractivity contribution in [2.75, 3.05) is 0 Å². The molecule has 96 valence electrons. The average molecular weight is 250 g/mol. The molecule has 0 aliphatic carbocycles. The fourth-order valence-electron chi connectivity index (χ4n) is 2.59. The van der Waals surface area contributed by atoms with Gasteiger partial charge in [0.15, 0.2) is 0 Å². The topological polar surface area (TPSA) is 20.7 Å². The second-order valence-electron chi connectivity index (χ2n) is 5.02. The van der Waals surface area contributed by atoms with Crippen LogP contribution in [0.3, 0.4) is 0 Å². The van der Waals surface area contributed by atoms with Crippen molar-refractivity contribution in [1.82, 2.24) is 9.78 Å². The van der Waals surface area contributed by atoms with Gasteiger partial charge in [0.1, 0.15) is 0 Å². The van der Waals surface area contributed by atoms with Gasteiger partial charge in [0.05, 0.1) is 11.4 Å². The van der Waals surface area contributed by atoms with Gasteiger partial charge in [-0.05, 0) is 25.0 Å². The van der Waals surface area contributed by atoms with E-state index in [0.717, 1.165) is 0 Å². The molecule has 2 aromatic carbocycles. The van der Waals surface area contributed by atoms with Gasteiger partial charge in [0.25, 0.3) is 0 Å². The molecule has 0 saturated heterocycles. The van der Waals surface area contributed by atoms with Crippen molar-refractivity contribution in [1.29, 1.82) is 0 Å². The van der Waals surface area contributed by atoms with Gasteiger partial charge in [-0.2, -0.15) is 0 Å². The Morgan fingerprint density at radius 1 is 0.789 bits per heavy atom. The third-order valence-electron chi connectivity index (χ3n) is 3.67. The van der Waals surface area contributed by atoms with E-state index in [1.807, 2.05) is 0 Å². The zero-order chi connectivity index (χ0) is 13.4. The van der Waals surface area contributed by atoms with E-state index < -0.39 is 0 Å². The summed E-state index contributed by atoms with van der Waals surface area (Å²) >= 11 is 0. The highest BCUT2D eigenvalue weighted by Crippen LogP contribution is 2.35. The van der Waals surface area contributed by atoms with Crippen molar-refractivity contribution < 1.29 is 0 Å². The number of rotatable bonds is 2. The van der Waals surface area contributed by atoms with Crippen LogP contribution in [-0.4, -0.2) is 9.78 Å². The molecule has 3 aromatic rings. The van der Waals surface area contributed by atoms with Gasteiger partial charge in [-0.25, -0.2) is 0 Å². The fourth-order valence-corrected chi connectivity index (χ4v) is 2.59. The summed E-state index contributed by atoms with van der Waals surface area (Å²) in [5.41, 5.74) is 7.66. The van der Waals surface area contributed by atoms with Crippen LogP contribution in [0.15, 0.2) is 48.5 Å². The van der Waals surface area contributed by atoms with Crippen LogP contribution in [0.5, 0.6) is 0 Å². The Morgan fingerprint density at radius 2 is 1.32 bits per heavy atom. The van der Waals surface area contributed by atoms with Crippen molar-refractivity contribution in [3.05, 3.63) is 59.7 Å². The van der Waals surface area contributed by atoms with Crippen LogP contribution in [0.1, 0.15) is 11.1 Å². The molecular formula is C17H18N2. The minimum Gasteiger partial charge on any atom is -0.296 e. The van der Waals surface area contributed by atoms with Crippen LogP contribution in [0.25, 0.3) is 22.5 Å². The summed E-state index contributed by atoms with van der Waals surface area (Å²) in [5.74, 6) is 0. The van der Waals surface area contributed by atoms with Gasteiger partial charge in [-0.3, -0.25) is 9.78 Å². The molecule has 0 spiro atoms. The standard InChI is InChI=1S/C17H18N2/c1-12-8-4-6-10-14(12)16-17(19(3)18-16)15-11-7-5-9-13(15)2/h4-11,18H,1-3H3. The summed E-state index contributed by atoms with van der Waals surface area (Å²) in [6, 6.07) is 17.0. The first-order chi connectivity index (χ1) is 9.18. The predicted octanol–water partition coefficient (Wildman–Crippen LogP) is 4.30. The Labute approximate surface area is 113 Å². The van der Waals surface area contributed by atoms with Crippen molar-refractivity contribution in [2.45, 2.75) is 13.8 Å². The number of benzene rings is 2. The first-order valence-electron chi connectivity index (χ1n) is 6.55. The summed E-state index contributed by atoms with van der Waals surface area (Å²) in [5, 5.41) is 3.39. The molecule has 0 saturated carbocycles. The van der Waals surface area contributed by atoms with Gasteiger partial charge in [-0.1, -0.05) is 48.5 Å². The third-order valence-corrected chi connectivity index (χ3v) is 3.67. The number of aryl methyl sites for hydroxylation is 3. The van der Waals surface area contributed by atoms with Crippen molar-refractivity contribution in [3.63, 3.8) is 0 Å². The fraction of sp³-hybridized carbons (Fsp3) is 0.176. The molecule has 0 unspecified atom stereocenters. The van der Waals surface area contributed by atoms with E-state index in [4.69, 9.17) is 0 Å². The Hall–Kier alpha value is -2.22. The maximum Gasteiger partial charge on any atom is 0.0899 e. The molecule has 3 rings (SSSR count). The van der Waals surface area contributed by atoms with E-state index in [1.54, 1.807) is 0 Å². The molecule has 2 nitrogen and oxygen atoms in total. The summed E-state index contributed by atoms with van der Waals surface area (Å²) in [6.07, 6.45) is 0. The molecule has 1 N–H and O–H groups in total. The lowest BCUT2D eigenvalue weighted by Crippen LogP contribution is -2.13. The van der Waals surface area contributed by atoms with Crippen LogP contribution in [0.4, 0.5) is 0 Å². The lowest BCUT2D eigenvalue weighted by atomic mass is 9.97. The van der Waals surface area contributed by atoms with Crippen LogP contribution in [0, 0.1) is 13.8 Å². The molecule has 0 atom stereocenters. The molecule has 0 amide bonds. The summed E-state index contributed by atoms with van der Waals surface area (Å²) in [7, 11) is 2.06. The second-order valence-corrected chi connectivity index (χ2v) is 5.02. The maximum atomic E-state index is 3.39. The lowest BCUT2D eigenvalue weighted by molar-refractivity contribution is 0.710. The Morgan fingerprint density at radius 3 is 1.84 bits per heavy atom. The second kappa shape index (κ2) is 4.47. The highest BCUT2D eigenvalue weighted by Gasteiger charge is 2.17. The number of nitrogens with one attached hydrogen (secondary N) is 1. The number of hydrogen-bond donors (Lipinski definition) is 1. The largest absolute Gasteiger partial charge is 0.296 e. The minimum atomic E-state index is 1.22. The Kier molecular flexibility index (Phi) is 2.79. The third kappa shape index (κ3) is 1.89. The van der Waals surface area contributed by atoms with Gasteiger partial charge >= 0.3 is 0 Å². The van der Waals surface area contributed by atoms with Crippen LogP contribution in [0.2, 0.25) is 0 Å². The van der Waals surface area contributed by atoms with Gasteiger partial charge in [0.2, 0.25) is 0 Å². The zero-order valence-corrected chi connectivity index (χ0v) is 11.6. The maximum absolute atomic E-state index is 3.39. The van der Waals surface area contributed by atoms with Gasteiger partial charge in [0, 0.05) is 18.2 Å². The molecule has 19 heavy (non-hydrogen) atoms. The highest BCUT2D eigenvalue weighted by atomic mass is 15.3. The number of aromatic nitrogens is 2. The molecule has 0 aliphatic rings. The van der Waals surface area contributed by atoms with Crippen molar-refractivity contribution in [3.8, 4) is 22.5 Å². The molecule has 0 bridgehead atoms. The smallest absolute Gasteiger partial charge is 0.0899 e. The number of hydrogen-bond acceptors (Lipinski definition) is 0. The SMILES string of the molecule is Cc1ccccc1-c1[nH]n(C)c1-c1ccccc1C. The Balaban J connectivity index is 2.17. The first-order valence-corrected chi connectivity index (χ1v) is 6.55. The van der Waals surface area contributed by atoms with E-state index in [9.17, 15) is 0 Å². The van der Waals surface area contributed by atoms with Crippen LogP contribution < -0.4 is 0 Å². The monoisotopic (exact) mass is 250 g/mol. The molecule has 0 aliphatic heterocycles. The van der Waals surface area contributed by atoms with E-state index in [-0.39, 0.29) is 0 Å².